The zero-order valence-electron chi connectivity index (χ0n) is 15.6. The Morgan fingerprint density at radius 2 is 1.79 bits per heavy atom. The molecule has 4 unspecified atom stereocenters. The quantitative estimate of drug-likeness (QED) is 0.742. The largest absolute Gasteiger partial charge is 0.342 e. The smallest absolute Gasteiger partial charge is 0.228 e. The van der Waals surface area contributed by atoms with E-state index in [9.17, 15) is 9.59 Å². The molecular formula is C19H27Cl3N4O2. The molecule has 4 rings (SSSR count). The molecule has 1 aromatic rings. The molecule has 1 saturated heterocycles. The average molecular weight is 450 g/mol. The topological polar surface area (TPSA) is 88.3 Å². The first kappa shape index (κ1) is 23.2. The summed E-state index contributed by atoms with van der Waals surface area (Å²) in [6.07, 6.45) is 6.31. The van der Waals surface area contributed by atoms with Crippen molar-refractivity contribution in [2.45, 2.75) is 38.1 Å². The highest BCUT2D eigenvalue weighted by atomic mass is 35.5. The summed E-state index contributed by atoms with van der Waals surface area (Å²) in [5, 5.41) is 3.37. The van der Waals surface area contributed by atoms with E-state index in [1.807, 2.05) is 4.90 Å². The van der Waals surface area contributed by atoms with E-state index in [0.29, 0.717) is 48.6 Å². The van der Waals surface area contributed by atoms with Crippen LogP contribution in [0.25, 0.3) is 0 Å². The van der Waals surface area contributed by atoms with Crippen molar-refractivity contribution in [2.75, 3.05) is 18.4 Å². The lowest BCUT2D eigenvalue weighted by Gasteiger charge is -2.36. The number of pyridine rings is 1. The van der Waals surface area contributed by atoms with E-state index in [0.717, 1.165) is 12.8 Å². The van der Waals surface area contributed by atoms with E-state index in [-0.39, 0.29) is 54.5 Å². The Labute approximate surface area is 182 Å². The maximum Gasteiger partial charge on any atom is 0.228 e. The van der Waals surface area contributed by atoms with E-state index < -0.39 is 0 Å². The second-order valence-electron chi connectivity index (χ2n) is 7.89. The molecule has 2 aliphatic carbocycles. The van der Waals surface area contributed by atoms with Crippen molar-refractivity contribution in [3.63, 3.8) is 0 Å². The van der Waals surface area contributed by atoms with Crippen molar-refractivity contribution in [1.82, 2.24) is 9.88 Å². The monoisotopic (exact) mass is 448 g/mol. The Bertz CT molecular complexity index is 693. The van der Waals surface area contributed by atoms with E-state index in [2.05, 4.69) is 10.3 Å². The molecule has 0 spiro atoms. The highest BCUT2D eigenvalue weighted by Gasteiger charge is 2.50. The second kappa shape index (κ2) is 9.61. The first-order valence-electron chi connectivity index (χ1n) is 9.49. The number of carbonyl (C=O) groups is 2. The number of rotatable bonds is 3. The van der Waals surface area contributed by atoms with Crippen molar-refractivity contribution in [2.24, 2.45) is 29.4 Å². The summed E-state index contributed by atoms with van der Waals surface area (Å²) in [5.41, 5.74) is 6.32. The predicted molar refractivity (Wildman–Crippen MR) is 114 cm³/mol. The molecule has 156 valence electrons. The molecule has 2 bridgehead atoms. The fourth-order valence-corrected chi connectivity index (χ4v) is 5.06. The number of nitrogens with two attached hydrogens (primary N) is 1. The third kappa shape index (κ3) is 4.56. The minimum Gasteiger partial charge on any atom is -0.342 e. The summed E-state index contributed by atoms with van der Waals surface area (Å²) < 4.78 is 0. The number of anilines is 1. The first-order valence-corrected chi connectivity index (χ1v) is 9.87. The van der Waals surface area contributed by atoms with Gasteiger partial charge in [-0.3, -0.25) is 9.59 Å². The molecule has 2 heterocycles. The van der Waals surface area contributed by atoms with Gasteiger partial charge in [-0.15, -0.1) is 24.8 Å². The van der Waals surface area contributed by atoms with E-state index in [4.69, 9.17) is 17.3 Å². The average Bonchev–Trinajstić information content (AvgIpc) is 3.24. The number of hydrogen-bond donors (Lipinski definition) is 2. The molecule has 3 fully saturated rings. The second-order valence-corrected chi connectivity index (χ2v) is 8.32. The normalized spacial score (nSPS) is 29.0. The summed E-state index contributed by atoms with van der Waals surface area (Å²) in [6.45, 7) is 1.26. The molecule has 6 nitrogen and oxygen atoms in total. The van der Waals surface area contributed by atoms with E-state index in [1.165, 1.54) is 12.6 Å². The van der Waals surface area contributed by atoms with Crippen LogP contribution in [-0.2, 0) is 9.59 Å². The molecule has 0 aromatic carbocycles. The van der Waals surface area contributed by atoms with Gasteiger partial charge in [0.1, 0.15) is 5.82 Å². The van der Waals surface area contributed by atoms with Gasteiger partial charge in [0.2, 0.25) is 11.8 Å². The molecule has 1 aliphatic heterocycles. The third-order valence-corrected chi connectivity index (χ3v) is 6.65. The molecule has 3 N–H and O–H groups in total. The number of amides is 2. The van der Waals surface area contributed by atoms with Crippen molar-refractivity contribution in [3.8, 4) is 0 Å². The van der Waals surface area contributed by atoms with E-state index in [1.54, 1.807) is 12.1 Å². The molecule has 28 heavy (non-hydrogen) atoms. The fourth-order valence-electron chi connectivity index (χ4n) is 4.95. The Morgan fingerprint density at radius 1 is 1.11 bits per heavy atom. The van der Waals surface area contributed by atoms with Crippen LogP contribution >= 0.6 is 36.4 Å². The Morgan fingerprint density at radius 3 is 2.36 bits per heavy atom. The van der Waals surface area contributed by atoms with Crippen LogP contribution in [0, 0.1) is 23.7 Å². The summed E-state index contributed by atoms with van der Waals surface area (Å²) >= 11 is 5.81. The summed E-state index contributed by atoms with van der Waals surface area (Å²) in [6, 6.07) is 3.41. The summed E-state index contributed by atoms with van der Waals surface area (Å²) in [7, 11) is 0. The summed E-state index contributed by atoms with van der Waals surface area (Å²) in [5.74, 6) is 1.59. The molecule has 1 aromatic heterocycles. The van der Waals surface area contributed by atoms with Gasteiger partial charge in [-0.1, -0.05) is 11.6 Å². The van der Waals surface area contributed by atoms with Crippen LogP contribution < -0.4 is 11.1 Å². The molecular weight excluding hydrogens is 423 g/mol. The van der Waals surface area contributed by atoms with Gasteiger partial charge in [0, 0.05) is 31.2 Å². The van der Waals surface area contributed by atoms with Gasteiger partial charge in [0.05, 0.1) is 10.9 Å². The lowest BCUT2D eigenvalue weighted by atomic mass is 9.83. The Hall–Kier alpha value is -1.08. The number of piperidine rings is 1. The maximum atomic E-state index is 12.9. The van der Waals surface area contributed by atoms with Crippen LogP contribution in [0.2, 0.25) is 5.02 Å². The number of hydrogen-bond acceptors (Lipinski definition) is 4. The van der Waals surface area contributed by atoms with Crippen molar-refractivity contribution in [3.05, 3.63) is 23.4 Å². The van der Waals surface area contributed by atoms with Gasteiger partial charge in [0.25, 0.3) is 0 Å². The van der Waals surface area contributed by atoms with Crippen LogP contribution in [0.15, 0.2) is 18.3 Å². The highest BCUT2D eigenvalue weighted by Crippen LogP contribution is 2.48. The standard InChI is InChI=1S/C19H25ClN4O2.2ClH/c20-14-3-4-15(22-10-14)23-18(25)11-5-7-24(8-6-11)19(26)16-12-1-2-13(9-12)17(16)21;;/h3-4,10-13,16-17H,1-2,5-9,21H2,(H,22,23,25);2*1H. The minimum atomic E-state index is -0.0924. The molecule has 9 heteroatoms. The number of nitrogens with zero attached hydrogens (tertiary/aromatic N) is 2. The van der Waals surface area contributed by atoms with Gasteiger partial charge in [-0.2, -0.15) is 0 Å². The number of aromatic nitrogens is 1. The zero-order chi connectivity index (χ0) is 18.3. The minimum absolute atomic E-state index is 0. The van der Waals surface area contributed by atoms with Crippen LogP contribution in [0.1, 0.15) is 32.1 Å². The molecule has 2 amide bonds. The maximum absolute atomic E-state index is 12.9. The van der Waals surface area contributed by atoms with Crippen molar-refractivity contribution in [1.29, 1.82) is 0 Å². The Kier molecular flexibility index (Phi) is 7.97. The van der Waals surface area contributed by atoms with Gasteiger partial charge < -0.3 is 16.0 Å². The fraction of sp³-hybridized carbons (Fsp3) is 0.632. The van der Waals surface area contributed by atoms with Crippen LogP contribution in [-0.4, -0.2) is 40.8 Å². The predicted octanol–water partition coefficient (Wildman–Crippen LogP) is 3.13. The lowest BCUT2D eigenvalue weighted by molar-refractivity contribution is -0.140. The van der Waals surface area contributed by atoms with Gasteiger partial charge in [-0.05, 0) is 56.1 Å². The zero-order valence-corrected chi connectivity index (χ0v) is 17.9. The van der Waals surface area contributed by atoms with Crippen LogP contribution in [0.5, 0.6) is 0 Å². The van der Waals surface area contributed by atoms with Crippen LogP contribution in [0.4, 0.5) is 5.82 Å². The number of carbonyl (C=O) groups excluding carboxylic acids is 2. The van der Waals surface area contributed by atoms with Crippen molar-refractivity contribution < 1.29 is 9.59 Å². The van der Waals surface area contributed by atoms with Gasteiger partial charge >= 0.3 is 0 Å². The van der Waals surface area contributed by atoms with E-state index >= 15 is 0 Å². The van der Waals surface area contributed by atoms with Gasteiger partial charge in [-0.25, -0.2) is 4.98 Å². The van der Waals surface area contributed by atoms with Crippen LogP contribution in [0.3, 0.4) is 0 Å². The molecule has 2 saturated carbocycles. The highest BCUT2D eigenvalue weighted by molar-refractivity contribution is 6.30. The number of likely N-dealkylation sites (tertiary alicyclic amines) is 1. The van der Waals surface area contributed by atoms with Gasteiger partial charge in [0.15, 0.2) is 0 Å². The summed E-state index contributed by atoms with van der Waals surface area (Å²) in [4.78, 5) is 31.4. The Balaban J connectivity index is 0.00000140. The lowest BCUT2D eigenvalue weighted by Crippen LogP contribution is -2.50. The third-order valence-electron chi connectivity index (χ3n) is 6.42. The number of nitrogens with one attached hydrogen (secondary N) is 1. The molecule has 0 radical (unpaired) electrons. The first-order chi connectivity index (χ1) is 12.5. The number of halogens is 3. The number of fused-ring (bicyclic) bond motifs is 2. The SMILES string of the molecule is Cl.Cl.NC1C2CCC(C2)C1C(=O)N1CCC(C(=O)Nc2ccc(Cl)cn2)CC1. The molecule has 3 aliphatic rings. The van der Waals surface area contributed by atoms with Crippen molar-refractivity contribution >= 4 is 54.0 Å². The molecule has 4 atom stereocenters.